The van der Waals surface area contributed by atoms with Gasteiger partial charge in [0.15, 0.2) is 5.78 Å². The zero-order chi connectivity index (χ0) is 12.3. The van der Waals surface area contributed by atoms with Crippen LogP contribution in [0.4, 0.5) is 0 Å². The minimum Gasteiger partial charge on any atom is -0.496 e. The number of methoxy groups -OCH3 is 1. The summed E-state index contributed by atoms with van der Waals surface area (Å²) in [5.74, 6) is 0.705. The van der Waals surface area contributed by atoms with Crippen molar-refractivity contribution in [3.05, 3.63) is 42.2 Å². The first-order chi connectivity index (χ1) is 8.20. The fourth-order valence-corrected chi connectivity index (χ4v) is 1.84. The molecule has 0 aromatic heterocycles. The highest BCUT2D eigenvalue weighted by Crippen LogP contribution is 2.18. The second kappa shape index (κ2) is 4.91. The molecule has 0 N–H and O–H groups in total. The van der Waals surface area contributed by atoms with Crippen molar-refractivity contribution >= 4 is 5.78 Å². The molecule has 90 valence electrons. The lowest BCUT2D eigenvalue weighted by Gasteiger charge is -2.17. The van der Waals surface area contributed by atoms with Gasteiger partial charge in [-0.3, -0.25) is 4.79 Å². The summed E-state index contributed by atoms with van der Waals surface area (Å²) in [6, 6.07) is 7.31. The molecule has 0 radical (unpaired) electrons. The minimum atomic E-state index is 0.0717. The highest BCUT2D eigenvalue weighted by Gasteiger charge is 2.16. The van der Waals surface area contributed by atoms with E-state index in [2.05, 4.69) is 0 Å². The monoisotopic (exact) mass is 232 g/mol. The molecule has 2 rings (SSSR count). The van der Waals surface area contributed by atoms with E-state index in [1.165, 1.54) is 0 Å². The molecule has 4 heteroatoms. The number of benzene rings is 1. The highest BCUT2D eigenvalue weighted by atomic mass is 16.5. The average molecular weight is 232 g/mol. The number of ether oxygens (including phenoxy) is 1. The van der Waals surface area contributed by atoms with E-state index < -0.39 is 0 Å². The molecule has 0 aliphatic carbocycles. The molecule has 1 aliphatic heterocycles. The normalized spacial score (nSPS) is 14.2. The number of ketones is 1. The fraction of sp³-hybridized carbons (Fsp3) is 0.308. The first-order valence-electron chi connectivity index (χ1n) is 5.49. The van der Waals surface area contributed by atoms with Gasteiger partial charge in [-0.2, -0.15) is 0 Å². The van der Waals surface area contributed by atoms with Crippen LogP contribution in [0, 0.1) is 0 Å². The Morgan fingerprint density at radius 3 is 2.76 bits per heavy atom. The van der Waals surface area contributed by atoms with Crippen molar-refractivity contribution in [1.29, 1.82) is 0 Å². The molecule has 0 spiro atoms. The van der Waals surface area contributed by atoms with Gasteiger partial charge in [0.05, 0.1) is 25.9 Å². The molecule has 1 heterocycles. The van der Waals surface area contributed by atoms with Crippen LogP contribution in [0.25, 0.3) is 0 Å². The summed E-state index contributed by atoms with van der Waals surface area (Å²) in [6.45, 7) is 1.13. The van der Waals surface area contributed by atoms with Crippen LogP contribution in [0.1, 0.15) is 10.4 Å². The lowest BCUT2D eigenvalue weighted by molar-refractivity contribution is 0.0945. The largest absolute Gasteiger partial charge is 0.496 e. The van der Waals surface area contributed by atoms with Crippen molar-refractivity contribution in [3.63, 3.8) is 0 Å². The third-order valence-corrected chi connectivity index (χ3v) is 2.69. The Hall–Kier alpha value is -1.97. The Labute approximate surface area is 101 Å². The quantitative estimate of drug-likeness (QED) is 0.737. The topological polar surface area (TPSA) is 32.8 Å². The number of nitrogens with zero attached hydrogens (tertiary/aromatic N) is 2. The molecule has 0 bridgehead atoms. The van der Waals surface area contributed by atoms with Crippen LogP contribution in [0.3, 0.4) is 0 Å². The lowest BCUT2D eigenvalue weighted by Crippen LogP contribution is -2.28. The lowest BCUT2D eigenvalue weighted by atomic mass is 10.1. The van der Waals surface area contributed by atoms with Crippen LogP contribution in [-0.4, -0.2) is 43.0 Å². The van der Waals surface area contributed by atoms with Crippen LogP contribution < -0.4 is 4.74 Å². The maximum absolute atomic E-state index is 12.1. The maximum atomic E-state index is 12.1. The molecule has 0 unspecified atom stereocenters. The van der Waals surface area contributed by atoms with Crippen LogP contribution in [0.5, 0.6) is 5.75 Å². The Bertz CT molecular complexity index is 443. The summed E-state index contributed by atoms with van der Waals surface area (Å²) in [6.07, 6.45) is 3.88. The highest BCUT2D eigenvalue weighted by molar-refractivity contribution is 6.00. The van der Waals surface area contributed by atoms with Gasteiger partial charge in [0, 0.05) is 19.4 Å². The summed E-state index contributed by atoms with van der Waals surface area (Å²) >= 11 is 0. The molecule has 0 saturated carbocycles. The van der Waals surface area contributed by atoms with E-state index >= 15 is 0 Å². The number of rotatable bonds is 4. The van der Waals surface area contributed by atoms with Gasteiger partial charge in [-0.15, -0.1) is 0 Å². The maximum Gasteiger partial charge on any atom is 0.185 e. The zero-order valence-electron chi connectivity index (χ0n) is 10.1. The molecule has 0 saturated heterocycles. The summed E-state index contributed by atoms with van der Waals surface area (Å²) in [5, 5.41) is 0. The Balaban J connectivity index is 2.07. The average Bonchev–Trinajstić information content (AvgIpc) is 2.74. The van der Waals surface area contributed by atoms with Crippen LogP contribution in [0.15, 0.2) is 36.7 Å². The van der Waals surface area contributed by atoms with Gasteiger partial charge in [-0.1, -0.05) is 12.1 Å². The van der Waals surface area contributed by atoms with Crippen molar-refractivity contribution in [2.75, 3.05) is 27.4 Å². The van der Waals surface area contributed by atoms with E-state index in [-0.39, 0.29) is 5.78 Å². The van der Waals surface area contributed by atoms with Gasteiger partial charge in [0.2, 0.25) is 0 Å². The van der Waals surface area contributed by atoms with E-state index in [0.29, 0.717) is 17.9 Å². The van der Waals surface area contributed by atoms with Gasteiger partial charge in [-0.25, -0.2) is 0 Å². The Morgan fingerprint density at radius 1 is 1.35 bits per heavy atom. The second-order valence-corrected chi connectivity index (χ2v) is 4.07. The molecule has 0 amide bonds. The predicted octanol–water partition coefficient (Wildman–Crippen LogP) is 1.55. The number of hydrogen-bond donors (Lipinski definition) is 0. The Morgan fingerprint density at radius 2 is 2.12 bits per heavy atom. The summed E-state index contributed by atoms with van der Waals surface area (Å²) < 4.78 is 5.18. The Kier molecular flexibility index (Phi) is 3.32. The first-order valence-corrected chi connectivity index (χ1v) is 5.49. The summed E-state index contributed by atoms with van der Waals surface area (Å²) in [4.78, 5) is 16.1. The van der Waals surface area contributed by atoms with Crippen molar-refractivity contribution < 1.29 is 9.53 Å². The number of carbonyl (C=O) groups excluding carboxylic acids is 1. The van der Waals surface area contributed by atoms with E-state index in [1.54, 1.807) is 19.2 Å². The van der Waals surface area contributed by atoms with Crippen molar-refractivity contribution in [1.82, 2.24) is 9.80 Å². The second-order valence-electron chi connectivity index (χ2n) is 4.07. The van der Waals surface area contributed by atoms with Gasteiger partial charge >= 0.3 is 0 Å². The van der Waals surface area contributed by atoms with Gasteiger partial charge in [-0.05, 0) is 12.1 Å². The van der Waals surface area contributed by atoms with E-state index in [0.717, 1.165) is 6.67 Å². The van der Waals surface area contributed by atoms with E-state index in [9.17, 15) is 4.79 Å². The number of Topliss-reactive ketones (excluding diaryl/α,β-unsaturated/α-hetero) is 1. The molecule has 1 aliphatic rings. The standard InChI is InChI=1S/C13H16N2O2/c1-14-7-8-15(10-14)9-12(16)11-5-3-4-6-13(11)17-2/h3-8H,9-10H2,1-2H3. The van der Waals surface area contributed by atoms with E-state index in [1.807, 2.05) is 41.4 Å². The van der Waals surface area contributed by atoms with Crippen LogP contribution >= 0.6 is 0 Å². The van der Waals surface area contributed by atoms with Crippen molar-refractivity contribution in [2.45, 2.75) is 0 Å². The molecule has 1 aromatic carbocycles. The first kappa shape index (κ1) is 11.5. The number of carbonyl (C=O) groups is 1. The molecule has 4 nitrogen and oxygen atoms in total. The third kappa shape index (κ3) is 2.58. The summed E-state index contributed by atoms with van der Waals surface area (Å²) in [7, 11) is 3.56. The molecule has 17 heavy (non-hydrogen) atoms. The molecular weight excluding hydrogens is 216 g/mol. The SMILES string of the molecule is COc1ccccc1C(=O)CN1C=CN(C)C1. The zero-order valence-corrected chi connectivity index (χ0v) is 10.1. The predicted molar refractivity (Wildman–Crippen MR) is 65.8 cm³/mol. The molecular formula is C13H16N2O2. The summed E-state index contributed by atoms with van der Waals surface area (Å²) in [5.41, 5.74) is 0.637. The van der Waals surface area contributed by atoms with Crippen LogP contribution in [0.2, 0.25) is 0 Å². The van der Waals surface area contributed by atoms with Crippen molar-refractivity contribution in [3.8, 4) is 5.75 Å². The van der Waals surface area contributed by atoms with Gasteiger partial charge in [0.25, 0.3) is 0 Å². The van der Waals surface area contributed by atoms with Gasteiger partial charge < -0.3 is 14.5 Å². The van der Waals surface area contributed by atoms with E-state index in [4.69, 9.17) is 4.74 Å². The number of hydrogen-bond acceptors (Lipinski definition) is 4. The van der Waals surface area contributed by atoms with Crippen LogP contribution in [-0.2, 0) is 0 Å². The smallest absolute Gasteiger partial charge is 0.185 e. The fourth-order valence-electron chi connectivity index (χ4n) is 1.84. The van der Waals surface area contributed by atoms with Crippen molar-refractivity contribution in [2.24, 2.45) is 0 Å². The molecule has 0 fully saturated rings. The molecule has 0 atom stereocenters. The minimum absolute atomic E-state index is 0.0717. The number of para-hydroxylation sites is 1. The third-order valence-electron chi connectivity index (χ3n) is 2.69. The molecule has 1 aromatic rings. The van der Waals surface area contributed by atoms with Gasteiger partial charge in [0.1, 0.15) is 5.75 Å².